The van der Waals surface area contributed by atoms with E-state index in [4.69, 9.17) is 4.74 Å². The highest BCUT2D eigenvalue weighted by molar-refractivity contribution is 7.92. The molecule has 5 nitrogen and oxygen atoms in total. The van der Waals surface area contributed by atoms with Crippen LogP contribution in [0.5, 0.6) is 5.75 Å². The maximum absolute atomic E-state index is 12.6. The van der Waals surface area contributed by atoms with Crippen LogP contribution >= 0.6 is 0 Å². The van der Waals surface area contributed by atoms with Crippen LogP contribution < -0.4 is 9.46 Å². The minimum Gasteiger partial charge on any atom is -0.496 e. The molecule has 1 N–H and O–H groups in total. The van der Waals surface area contributed by atoms with Crippen molar-refractivity contribution < 1.29 is 13.2 Å². The van der Waals surface area contributed by atoms with E-state index in [9.17, 15) is 8.42 Å². The van der Waals surface area contributed by atoms with Gasteiger partial charge in [-0.25, -0.2) is 8.42 Å². The quantitative estimate of drug-likeness (QED) is 0.940. The van der Waals surface area contributed by atoms with Crippen molar-refractivity contribution in [2.24, 2.45) is 0 Å². The zero-order valence-electron chi connectivity index (χ0n) is 13.4. The Labute approximate surface area is 131 Å². The molecule has 0 amide bonds. The summed E-state index contributed by atoms with van der Waals surface area (Å²) in [5.74, 6) is 0.671. The fraction of sp³-hybridized carbons (Fsp3) is 0.312. The van der Waals surface area contributed by atoms with Crippen molar-refractivity contribution in [2.45, 2.75) is 32.6 Å². The first kappa shape index (κ1) is 16.3. The Morgan fingerprint density at radius 1 is 1.05 bits per heavy atom. The first-order valence-electron chi connectivity index (χ1n) is 6.87. The molecule has 6 heteroatoms. The van der Waals surface area contributed by atoms with Crippen LogP contribution in [0.15, 0.2) is 29.2 Å². The lowest BCUT2D eigenvalue weighted by Gasteiger charge is -2.14. The second kappa shape index (κ2) is 5.96. The van der Waals surface area contributed by atoms with Crippen LogP contribution in [0.1, 0.15) is 22.5 Å². The number of nitrogens with zero attached hydrogens (tertiary/aromatic N) is 1. The van der Waals surface area contributed by atoms with Gasteiger partial charge in [0.1, 0.15) is 5.75 Å². The summed E-state index contributed by atoms with van der Waals surface area (Å²) < 4.78 is 33.1. The van der Waals surface area contributed by atoms with Gasteiger partial charge in [0.15, 0.2) is 0 Å². The van der Waals surface area contributed by atoms with Crippen LogP contribution in [0, 0.1) is 27.7 Å². The third-order valence-electron chi connectivity index (χ3n) is 3.45. The van der Waals surface area contributed by atoms with Gasteiger partial charge in [0.05, 0.1) is 23.4 Å². The zero-order valence-corrected chi connectivity index (χ0v) is 14.2. The highest BCUT2D eigenvalue weighted by Gasteiger charge is 2.20. The molecule has 0 aliphatic rings. The molecule has 0 bridgehead atoms. The molecule has 0 unspecified atom stereocenters. The van der Waals surface area contributed by atoms with E-state index in [1.165, 1.54) is 0 Å². The topological polar surface area (TPSA) is 68.3 Å². The highest BCUT2D eigenvalue weighted by Crippen LogP contribution is 2.27. The number of nitrogens with one attached hydrogen (secondary N) is 1. The van der Waals surface area contributed by atoms with Crippen molar-refractivity contribution in [3.63, 3.8) is 0 Å². The molecule has 22 heavy (non-hydrogen) atoms. The molecule has 118 valence electrons. The number of aryl methyl sites for hydroxylation is 4. The second-order valence-electron chi connectivity index (χ2n) is 5.28. The molecule has 1 aromatic carbocycles. The number of aromatic nitrogens is 1. The summed E-state index contributed by atoms with van der Waals surface area (Å²) in [7, 11) is -2.11. The lowest BCUT2D eigenvalue weighted by molar-refractivity contribution is 0.411. The van der Waals surface area contributed by atoms with Crippen molar-refractivity contribution in [3.05, 3.63) is 46.8 Å². The molecule has 0 fully saturated rings. The van der Waals surface area contributed by atoms with Gasteiger partial charge in [-0.15, -0.1) is 0 Å². The van der Waals surface area contributed by atoms with Gasteiger partial charge in [-0.1, -0.05) is 0 Å². The Morgan fingerprint density at radius 2 is 1.73 bits per heavy atom. The number of pyridine rings is 1. The summed E-state index contributed by atoms with van der Waals surface area (Å²) in [5, 5.41) is 0. The predicted octanol–water partition coefficient (Wildman–Crippen LogP) is 3.12. The van der Waals surface area contributed by atoms with Gasteiger partial charge < -0.3 is 4.74 Å². The van der Waals surface area contributed by atoms with Crippen LogP contribution in [-0.4, -0.2) is 20.5 Å². The number of methoxy groups -OCH3 is 1. The number of rotatable bonds is 4. The number of benzene rings is 1. The first-order valence-corrected chi connectivity index (χ1v) is 8.35. The summed E-state index contributed by atoms with van der Waals surface area (Å²) in [6.07, 6.45) is 0. The molecule has 0 spiro atoms. The predicted molar refractivity (Wildman–Crippen MR) is 87.0 cm³/mol. The van der Waals surface area contributed by atoms with Crippen molar-refractivity contribution in [2.75, 3.05) is 11.8 Å². The Kier molecular flexibility index (Phi) is 4.42. The van der Waals surface area contributed by atoms with E-state index in [1.807, 2.05) is 13.8 Å². The molecular formula is C16H20N2O3S. The van der Waals surface area contributed by atoms with Gasteiger partial charge >= 0.3 is 0 Å². The fourth-order valence-electron chi connectivity index (χ4n) is 2.27. The lowest BCUT2D eigenvalue weighted by atomic mass is 10.1. The van der Waals surface area contributed by atoms with Crippen LogP contribution in [0.2, 0.25) is 0 Å². The standard InChI is InChI=1S/C16H20N2O3S/c1-10-9-16(11(2)8-15(10)21-5)22(19,20)18-14-7-6-12(3)17-13(14)4/h6-9,18H,1-5H3. The normalized spacial score (nSPS) is 11.3. The van der Waals surface area contributed by atoms with Crippen molar-refractivity contribution in [3.8, 4) is 5.75 Å². The average Bonchev–Trinajstić information content (AvgIpc) is 2.43. The summed E-state index contributed by atoms with van der Waals surface area (Å²) in [6.45, 7) is 7.20. The molecule has 0 atom stereocenters. The first-order chi connectivity index (χ1) is 10.2. The number of sulfonamides is 1. The zero-order chi connectivity index (χ0) is 16.5. The molecule has 1 aromatic heterocycles. The minimum absolute atomic E-state index is 0.241. The Morgan fingerprint density at radius 3 is 2.32 bits per heavy atom. The van der Waals surface area contributed by atoms with E-state index in [0.29, 0.717) is 22.7 Å². The van der Waals surface area contributed by atoms with E-state index in [2.05, 4.69) is 9.71 Å². The van der Waals surface area contributed by atoms with Crippen LogP contribution in [-0.2, 0) is 10.0 Å². The van der Waals surface area contributed by atoms with Crippen molar-refractivity contribution in [1.29, 1.82) is 0 Å². The molecule has 0 saturated heterocycles. The SMILES string of the molecule is COc1cc(C)c(S(=O)(=O)Nc2ccc(C)nc2C)cc1C. The molecule has 2 rings (SSSR count). The molecule has 0 radical (unpaired) electrons. The Balaban J connectivity index is 2.45. The van der Waals surface area contributed by atoms with E-state index in [0.717, 1.165) is 11.3 Å². The van der Waals surface area contributed by atoms with Gasteiger partial charge in [-0.3, -0.25) is 9.71 Å². The molecule has 0 aliphatic heterocycles. The maximum Gasteiger partial charge on any atom is 0.262 e. The summed E-state index contributed by atoms with van der Waals surface area (Å²) in [5.41, 5.74) is 3.38. The average molecular weight is 320 g/mol. The van der Waals surface area contributed by atoms with Gasteiger partial charge in [-0.2, -0.15) is 0 Å². The Hall–Kier alpha value is -2.08. The van der Waals surface area contributed by atoms with Gasteiger partial charge in [0.2, 0.25) is 0 Å². The summed E-state index contributed by atoms with van der Waals surface area (Å²) >= 11 is 0. The molecule has 1 heterocycles. The van der Waals surface area contributed by atoms with E-state index in [-0.39, 0.29) is 4.90 Å². The van der Waals surface area contributed by atoms with E-state index >= 15 is 0 Å². The van der Waals surface area contributed by atoms with Gasteiger partial charge in [-0.05, 0) is 63.1 Å². The van der Waals surface area contributed by atoms with Crippen LogP contribution in [0.25, 0.3) is 0 Å². The summed E-state index contributed by atoms with van der Waals surface area (Å²) in [4.78, 5) is 4.51. The number of hydrogen-bond donors (Lipinski definition) is 1. The van der Waals surface area contributed by atoms with Gasteiger partial charge in [0, 0.05) is 5.69 Å². The molecule has 2 aromatic rings. The smallest absolute Gasteiger partial charge is 0.262 e. The maximum atomic E-state index is 12.6. The van der Waals surface area contributed by atoms with Crippen molar-refractivity contribution in [1.82, 2.24) is 4.98 Å². The summed E-state index contributed by atoms with van der Waals surface area (Å²) in [6, 6.07) is 6.84. The monoisotopic (exact) mass is 320 g/mol. The van der Waals surface area contributed by atoms with Crippen LogP contribution in [0.4, 0.5) is 5.69 Å². The lowest BCUT2D eigenvalue weighted by Crippen LogP contribution is -2.16. The molecular weight excluding hydrogens is 300 g/mol. The van der Waals surface area contributed by atoms with Gasteiger partial charge in [0.25, 0.3) is 10.0 Å². The third-order valence-corrected chi connectivity index (χ3v) is 4.96. The van der Waals surface area contributed by atoms with Crippen molar-refractivity contribution >= 4 is 15.7 Å². The molecule has 0 saturated carbocycles. The van der Waals surface area contributed by atoms with Crippen LogP contribution in [0.3, 0.4) is 0 Å². The fourth-order valence-corrected chi connectivity index (χ4v) is 3.70. The second-order valence-corrected chi connectivity index (χ2v) is 6.93. The van der Waals surface area contributed by atoms with E-state index in [1.54, 1.807) is 45.2 Å². The Bertz CT molecular complexity index is 814. The number of anilines is 1. The highest BCUT2D eigenvalue weighted by atomic mass is 32.2. The largest absolute Gasteiger partial charge is 0.496 e. The van der Waals surface area contributed by atoms with E-state index < -0.39 is 10.0 Å². The number of hydrogen-bond acceptors (Lipinski definition) is 4. The third kappa shape index (κ3) is 3.22. The molecule has 0 aliphatic carbocycles. The minimum atomic E-state index is -3.67. The number of ether oxygens (including phenoxy) is 1.